The Morgan fingerprint density at radius 1 is 1.27 bits per heavy atom. The lowest BCUT2D eigenvalue weighted by Gasteiger charge is -2.20. The third kappa shape index (κ3) is 1.96. The second-order valence-corrected chi connectivity index (χ2v) is 3.82. The molecule has 0 aliphatic heterocycles. The predicted molar refractivity (Wildman–Crippen MR) is 45.9 cm³/mol. The van der Waals surface area contributed by atoms with Gasteiger partial charge in [-0.25, -0.2) is 0 Å². The van der Waals surface area contributed by atoms with Crippen molar-refractivity contribution in [2.45, 2.75) is 39.5 Å². The number of rotatable bonds is 2. The molecule has 1 saturated carbocycles. The lowest BCUT2D eigenvalue weighted by Crippen LogP contribution is -2.14. The summed E-state index contributed by atoms with van der Waals surface area (Å²) >= 11 is 0. The first kappa shape index (κ1) is 8.59. The van der Waals surface area contributed by atoms with E-state index < -0.39 is 0 Å². The molecular weight excluding hydrogens is 134 g/mol. The average Bonchev–Trinajstić information content (AvgIpc) is 2.53. The molecule has 1 heteroatoms. The molecule has 0 N–H and O–H groups in total. The number of hydrogen-bond donors (Lipinski definition) is 0. The van der Waals surface area contributed by atoms with E-state index in [1.54, 1.807) is 0 Å². The molecule has 2 unspecified atom stereocenters. The Hall–Kier alpha value is -0.510. The van der Waals surface area contributed by atoms with Gasteiger partial charge in [-0.15, -0.1) is 0 Å². The van der Waals surface area contributed by atoms with Gasteiger partial charge in [0.25, 0.3) is 0 Å². The fraction of sp³-hybridized carbons (Fsp3) is 0.900. The van der Waals surface area contributed by atoms with Gasteiger partial charge in [0, 0.05) is 5.92 Å². The van der Waals surface area contributed by atoms with Gasteiger partial charge in [-0.1, -0.05) is 32.6 Å². The topological polar surface area (TPSA) is 23.8 Å². The highest BCUT2D eigenvalue weighted by atomic mass is 14.3. The number of nitrogens with zero attached hydrogens (tertiary/aromatic N) is 1. The maximum atomic E-state index is 8.72. The number of hydrogen-bond acceptors (Lipinski definition) is 1. The molecule has 62 valence electrons. The molecule has 0 heterocycles. The first-order valence-corrected chi connectivity index (χ1v) is 4.65. The largest absolute Gasteiger partial charge is 0.198 e. The van der Waals surface area contributed by atoms with E-state index in [1.165, 1.54) is 25.7 Å². The van der Waals surface area contributed by atoms with E-state index in [1.807, 2.05) is 6.92 Å². The van der Waals surface area contributed by atoms with Crippen LogP contribution in [0, 0.1) is 29.1 Å². The number of nitriles is 1. The molecule has 0 bridgehead atoms. The monoisotopic (exact) mass is 151 g/mol. The molecule has 11 heavy (non-hydrogen) atoms. The normalized spacial score (nSPS) is 24.5. The summed E-state index contributed by atoms with van der Waals surface area (Å²) in [6.45, 7) is 4.27. The van der Waals surface area contributed by atoms with E-state index in [4.69, 9.17) is 5.26 Å². The van der Waals surface area contributed by atoms with Gasteiger partial charge in [0.15, 0.2) is 0 Å². The minimum absolute atomic E-state index is 0.248. The van der Waals surface area contributed by atoms with Crippen molar-refractivity contribution in [2.24, 2.45) is 17.8 Å². The summed E-state index contributed by atoms with van der Waals surface area (Å²) in [7, 11) is 0. The van der Waals surface area contributed by atoms with Crippen LogP contribution in [-0.4, -0.2) is 0 Å². The average molecular weight is 151 g/mol. The van der Waals surface area contributed by atoms with Crippen LogP contribution >= 0.6 is 0 Å². The fourth-order valence-electron chi connectivity index (χ4n) is 2.01. The van der Waals surface area contributed by atoms with Crippen LogP contribution in [0.15, 0.2) is 0 Å². The first-order valence-electron chi connectivity index (χ1n) is 4.65. The standard InChI is InChI=1S/C10H17N/c1-8(7-11)9(2)10-5-3-4-6-10/h8-10H,3-6H2,1-2H3. The molecular formula is C10H17N. The molecule has 1 aliphatic rings. The zero-order valence-corrected chi connectivity index (χ0v) is 7.51. The van der Waals surface area contributed by atoms with Crippen LogP contribution in [0.5, 0.6) is 0 Å². The van der Waals surface area contributed by atoms with Crippen molar-refractivity contribution in [1.29, 1.82) is 5.26 Å². The lowest BCUT2D eigenvalue weighted by molar-refractivity contribution is 0.309. The molecule has 1 rings (SSSR count). The van der Waals surface area contributed by atoms with Gasteiger partial charge in [0.1, 0.15) is 0 Å². The minimum Gasteiger partial charge on any atom is -0.198 e. The molecule has 0 radical (unpaired) electrons. The van der Waals surface area contributed by atoms with Crippen LogP contribution in [0.1, 0.15) is 39.5 Å². The van der Waals surface area contributed by atoms with E-state index in [0.717, 1.165) is 5.92 Å². The van der Waals surface area contributed by atoms with E-state index in [9.17, 15) is 0 Å². The molecule has 1 nitrogen and oxygen atoms in total. The summed E-state index contributed by atoms with van der Waals surface area (Å²) in [6, 6.07) is 2.34. The Balaban J connectivity index is 2.40. The summed E-state index contributed by atoms with van der Waals surface area (Å²) in [5.41, 5.74) is 0. The maximum absolute atomic E-state index is 8.72. The molecule has 0 saturated heterocycles. The molecule has 0 spiro atoms. The Kier molecular flexibility index (Phi) is 2.93. The SMILES string of the molecule is CC(C#N)C(C)C1CCCC1. The minimum atomic E-state index is 0.248. The third-order valence-electron chi connectivity index (χ3n) is 3.14. The fourth-order valence-corrected chi connectivity index (χ4v) is 2.01. The molecule has 1 aliphatic carbocycles. The maximum Gasteiger partial charge on any atom is 0.0655 e. The molecule has 0 aromatic rings. The molecule has 0 aromatic carbocycles. The van der Waals surface area contributed by atoms with E-state index in [2.05, 4.69) is 13.0 Å². The molecule has 0 amide bonds. The highest BCUT2D eigenvalue weighted by molar-refractivity contribution is 4.87. The van der Waals surface area contributed by atoms with Crippen LogP contribution in [0.25, 0.3) is 0 Å². The van der Waals surface area contributed by atoms with Gasteiger partial charge >= 0.3 is 0 Å². The van der Waals surface area contributed by atoms with Crippen LogP contribution in [0.4, 0.5) is 0 Å². The van der Waals surface area contributed by atoms with Gasteiger partial charge in [-0.3, -0.25) is 0 Å². The van der Waals surface area contributed by atoms with Crippen molar-refractivity contribution in [3.05, 3.63) is 0 Å². The van der Waals surface area contributed by atoms with Crippen molar-refractivity contribution < 1.29 is 0 Å². The van der Waals surface area contributed by atoms with Gasteiger partial charge in [-0.2, -0.15) is 5.26 Å². The van der Waals surface area contributed by atoms with E-state index in [0.29, 0.717) is 5.92 Å². The smallest absolute Gasteiger partial charge is 0.0655 e. The second kappa shape index (κ2) is 3.76. The Bertz CT molecular complexity index is 151. The van der Waals surface area contributed by atoms with Crippen LogP contribution < -0.4 is 0 Å². The third-order valence-corrected chi connectivity index (χ3v) is 3.14. The van der Waals surface area contributed by atoms with E-state index >= 15 is 0 Å². The molecule has 0 aromatic heterocycles. The van der Waals surface area contributed by atoms with Gasteiger partial charge < -0.3 is 0 Å². The van der Waals surface area contributed by atoms with Crippen molar-refractivity contribution in [3.63, 3.8) is 0 Å². The van der Waals surface area contributed by atoms with Crippen molar-refractivity contribution in [2.75, 3.05) is 0 Å². The Morgan fingerprint density at radius 3 is 2.27 bits per heavy atom. The van der Waals surface area contributed by atoms with Gasteiger partial charge in [0.05, 0.1) is 6.07 Å². The highest BCUT2D eigenvalue weighted by Gasteiger charge is 2.25. The van der Waals surface area contributed by atoms with Crippen molar-refractivity contribution in [3.8, 4) is 6.07 Å². The molecule has 1 fully saturated rings. The van der Waals surface area contributed by atoms with Gasteiger partial charge in [0.2, 0.25) is 0 Å². The zero-order chi connectivity index (χ0) is 8.27. The predicted octanol–water partition coefficient (Wildman–Crippen LogP) is 2.97. The Labute approximate surface area is 69.4 Å². The summed E-state index contributed by atoms with van der Waals surface area (Å²) in [5.74, 6) is 1.70. The van der Waals surface area contributed by atoms with Crippen LogP contribution in [-0.2, 0) is 0 Å². The summed E-state index contributed by atoms with van der Waals surface area (Å²) in [5, 5.41) is 8.72. The Morgan fingerprint density at radius 2 is 1.82 bits per heavy atom. The zero-order valence-electron chi connectivity index (χ0n) is 7.51. The van der Waals surface area contributed by atoms with Gasteiger partial charge in [-0.05, 0) is 18.8 Å². The lowest BCUT2D eigenvalue weighted by atomic mass is 9.84. The summed E-state index contributed by atoms with van der Waals surface area (Å²) < 4.78 is 0. The first-order chi connectivity index (χ1) is 5.25. The highest BCUT2D eigenvalue weighted by Crippen LogP contribution is 2.34. The summed E-state index contributed by atoms with van der Waals surface area (Å²) in [4.78, 5) is 0. The summed E-state index contributed by atoms with van der Waals surface area (Å²) in [6.07, 6.45) is 5.47. The quantitative estimate of drug-likeness (QED) is 0.595. The van der Waals surface area contributed by atoms with Crippen LogP contribution in [0.2, 0.25) is 0 Å². The molecule has 2 atom stereocenters. The van der Waals surface area contributed by atoms with E-state index in [-0.39, 0.29) is 5.92 Å². The van der Waals surface area contributed by atoms with Crippen LogP contribution in [0.3, 0.4) is 0 Å². The van der Waals surface area contributed by atoms with Crippen molar-refractivity contribution in [1.82, 2.24) is 0 Å². The van der Waals surface area contributed by atoms with Crippen molar-refractivity contribution >= 4 is 0 Å². The second-order valence-electron chi connectivity index (χ2n) is 3.82.